The molecular weight excluding hydrogens is 370 g/mol. The average molecular weight is 391 g/mol. The average Bonchev–Trinajstić information content (AvgIpc) is 2.74. The zero-order valence-corrected chi connectivity index (χ0v) is 16.4. The van der Waals surface area contributed by atoms with E-state index in [1.807, 2.05) is 25.1 Å². The molecule has 3 aromatic rings. The number of carbonyl (C=O) groups excluding carboxylic acids is 2. The Morgan fingerprint density at radius 1 is 0.931 bits per heavy atom. The summed E-state index contributed by atoms with van der Waals surface area (Å²) in [5.74, 6) is 0.561. The van der Waals surface area contributed by atoms with Crippen LogP contribution in [0.25, 0.3) is 0 Å². The fraction of sp³-hybridized carbons (Fsp3) is 0.136. The standard InChI is InChI=1S/C22H21N3O4/c1-14-4-10-19(28-2)18(12-14)25-20-11-7-16(13-23-20)21(26)24-17-8-5-15(6-9-17)22(27)29-3/h4-13H,1-3H3,(H,23,25)(H,24,26). The monoisotopic (exact) mass is 391 g/mol. The molecule has 1 heterocycles. The van der Waals surface area contributed by atoms with Gasteiger partial charge < -0.3 is 20.1 Å². The molecule has 0 unspecified atom stereocenters. The topological polar surface area (TPSA) is 89.5 Å². The quantitative estimate of drug-likeness (QED) is 0.613. The molecule has 0 saturated carbocycles. The predicted octanol–water partition coefficient (Wildman–Crippen LogP) is 4.18. The summed E-state index contributed by atoms with van der Waals surface area (Å²) in [4.78, 5) is 28.2. The molecular formula is C22H21N3O4. The van der Waals surface area contributed by atoms with Gasteiger partial charge in [-0.2, -0.15) is 0 Å². The molecule has 0 aliphatic heterocycles. The molecule has 7 heteroatoms. The molecule has 3 rings (SSSR count). The maximum atomic E-state index is 12.4. The number of nitrogens with one attached hydrogen (secondary N) is 2. The minimum atomic E-state index is -0.430. The van der Waals surface area contributed by atoms with Crippen LogP contribution >= 0.6 is 0 Å². The molecule has 0 spiro atoms. The number of nitrogens with zero attached hydrogens (tertiary/aromatic N) is 1. The molecule has 2 N–H and O–H groups in total. The van der Waals surface area contributed by atoms with E-state index in [0.717, 1.165) is 11.3 Å². The molecule has 0 atom stereocenters. The van der Waals surface area contributed by atoms with Crippen LogP contribution in [0.2, 0.25) is 0 Å². The van der Waals surface area contributed by atoms with Gasteiger partial charge >= 0.3 is 5.97 Å². The van der Waals surface area contributed by atoms with Crippen LogP contribution in [0.3, 0.4) is 0 Å². The number of aromatic nitrogens is 1. The summed E-state index contributed by atoms with van der Waals surface area (Å²) in [6.45, 7) is 1.99. The molecule has 0 bridgehead atoms. The zero-order chi connectivity index (χ0) is 20.8. The fourth-order valence-corrected chi connectivity index (χ4v) is 2.67. The summed E-state index contributed by atoms with van der Waals surface area (Å²) in [5.41, 5.74) is 3.26. The van der Waals surface area contributed by atoms with Gasteiger partial charge in [-0.1, -0.05) is 6.07 Å². The smallest absolute Gasteiger partial charge is 0.337 e. The summed E-state index contributed by atoms with van der Waals surface area (Å²) < 4.78 is 10.0. The van der Waals surface area contributed by atoms with E-state index in [0.29, 0.717) is 28.4 Å². The van der Waals surface area contributed by atoms with Gasteiger partial charge in [0.15, 0.2) is 0 Å². The summed E-state index contributed by atoms with van der Waals surface area (Å²) in [6.07, 6.45) is 1.49. The van der Waals surface area contributed by atoms with E-state index in [9.17, 15) is 9.59 Å². The van der Waals surface area contributed by atoms with Gasteiger partial charge in [-0.05, 0) is 61.0 Å². The number of carbonyl (C=O) groups is 2. The third kappa shape index (κ3) is 4.90. The number of aryl methyl sites for hydroxylation is 1. The Bertz CT molecular complexity index is 1020. The Hall–Kier alpha value is -3.87. The molecule has 1 amide bonds. The Labute approximate surface area is 168 Å². The molecule has 7 nitrogen and oxygen atoms in total. The number of esters is 1. The number of hydrogen-bond donors (Lipinski definition) is 2. The Morgan fingerprint density at radius 3 is 2.28 bits per heavy atom. The number of benzene rings is 2. The van der Waals surface area contributed by atoms with Crippen molar-refractivity contribution in [2.45, 2.75) is 6.92 Å². The lowest BCUT2D eigenvalue weighted by atomic mass is 10.2. The first-order valence-corrected chi connectivity index (χ1v) is 8.87. The minimum Gasteiger partial charge on any atom is -0.495 e. The maximum Gasteiger partial charge on any atom is 0.337 e. The van der Waals surface area contributed by atoms with Gasteiger partial charge in [0.25, 0.3) is 5.91 Å². The van der Waals surface area contributed by atoms with E-state index < -0.39 is 5.97 Å². The van der Waals surface area contributed by atoms with Gasteiger partial charge in [0.2, 0.25) is 0 Å². The normalized spacial score (nSPS) is 10.2. The van der Waals surface area contributed by atoms with E-state index in [-0.39, 0.29) is 5.91 Å². The van der Waals surface area contributed by atoms with Crippen molar-refractivity contribution >= 4 is 29.1 Å². The van der Waals surface area contributed by atoms with Crippen LogP contribution in [0.4, 0.5) is 17.2 Å². The fourth-order valence-electron chi connectivity index (χ4n) is 2.67. The Kier molecular flexibility index (Phi) is 6.09. The molecule has 2 aromatic carbocycles. The number of ether oxygens (including phenoxy) is 2. The van der Waals surface area contributed by atoms with Crippen LogP contribution in [-0.2, 0) is 4.74 Å². The second kappa shape index (κ2) is 8.88. The van der Waals surface area contributed by atoms with E-state index >= 15 is 0 Å². The van der Waals surface area contributed by atoms with Crippen molar-refractivity contribution in [3.05, 3.63) is 77.5 Å². The van der Waals surface area contributed by atoms with Crippen molar-refractivity contribution in [1.29, 1.82) is 0 Å². The zero-order valence-electron chi connectivity index (χ0n) is 16.4. The van der Waals surface area contributed by atoms with Gasteiger partial charge in [0.05, 0.1) is 31.0 Å². The minimum absolute atomic E-state index is 0.303. The second-order valence-electron chi connectivity index (χ2n) is 6.28. The van der Waals surface area contributed by atoms with Gasteiger partial charge in [-0.15, -0.1) is 0 Å². The first-order valence-electron chi connectivity index (χ1n) is 8.87. The number of methoxy groups -OCH3 is 2. The first kappa shape index (κ1) is 19.9. The van der Waals surface area contributed by atoms with Crippen LogP contribution in [0, 0.1) is 6.92 Å². The molecule has 1 aromatic heterocycles. The molecule has 148 valence electrons. The van der Waals surface area contributed by atoms with E-state index in [1.165, 1.54) is 13.3 Å². The van der Waals surface area contributed by atoms with Crippen LogP contribution in [0.15, 0.2) is 60.8 Å². The number of pyridine rings is 1. The summed E-state index contributed by atoms with van der Waals surface area (Å²) in [5, 5.41) is 5.96. The molecule has 0 fully saturated rings. The lowest BCUT2D eigenvalue weighted by molar-refractivity contribution is 0.0600. The van der Waals surface area contributed by atoms with Gasteiger partial charge in [-0.3, -0.25) is 4.79 Å². The van der Waals surface area contributed by atoms with Crippen LogP contribution < -0.4 is 15.4 Å². The van der Waals surface area contributed by atoms with Crippen molar-refractivity contribution in [2.75, 3.05) is 24.9 Å². The predicted molar refractivity (Wildman–Crippen MR) is 111 cm³/mol. The Balaban J connectivity index is 1.67. The maximum absolute atomic E-state index is 12.4. The van der Waals surface area contributed by atoms with E-state index in [2.05, 4.69) is 20.4 Å². The highest BCUT2D eigenvalue weighted by atomic mass is 16.5. The number of rotatable bonds is 6. The van der Waals surface area contributed by atoms with Crippen molar-refractivity contribution in [3.63, 3.8) is 0 Å². The van der Waals surface area contributed by atoms with Gasteiger partial charge in [0.1, 0.15) is 11.6 Å². The van der Waals surface area contributed by atoms with Crippen molar-refractivity contribution in [1.82, 2.24) is 4.98 Å². The lowest BCUT2D eigenvalue weighted by Crippen LogP contribution is -2.12. The second-order valence-corrected chi connectivity index (χ2v) is 6.28. The summed E-state index contributed by atoms with van der Waals surface area (Å²) in [7, 11) is 2.92. The SMILES string of the molecule is COC(=O)c1ccc(NC(=O)c2ccc(Nc3cc(C)ccc3OC)nc2)cc1. The summed E-state index contributed by atoms with van der Waals surface area (Å²) >= 11 is 0. The number of hydrogen-bond acceptors (Lipinski definition) is 6. The highest BCUT2D eigenvalue weighted by Gasteiger charge is 2.10. The highest BCUT2D eigenvalue weighted by molar-refractivity contribution is 6.04. The van der Waals surface area contributed by atoms with E-state index in [1.54, 1.807) is 43.5 Å². The molecule has 0 aliphatic rings. The van der Waals surface area contributed by atoms with Crippen molar-refractivity contribution < 1.29 is 19.1 Å². The third-order valence-electron chi connectivity index (χ3n) is 4.21. The van der Waals surface area contributed by atoms with Gasteiger partial charge in [-0.25, -0.2) is 9.78 Å². The van der Waals surface area contributed by atoms with E-state index in [4.69, 9.17) is 4.74 Å². The molecule has 0 radical (unpaired) electrons. The molecule has 29 heavy (non-hydrogen) atoms. The molecule has 0 saturated heterocycles. The molecule has 0 aliphatic carbocycles. The van der Waals surface area contributed by atoms with Crippen molar-refractivity contribution in [3.8, 4) is 5.75 Å². The Morgan fingerprint density at radius 2 is 1.66 bits per heavy atom. The number of anilines is 3. The van der Waals surface area contributed by atoms with Crippen LogP contribution in [-0.4, -0.2) is 31.1 Å². The third-order valence-corrected chi connectivity index (χ3v) is 4.21. The van der Waals surface area contributed by atoms with Crippen LogP contribution in [0.1, 0.15) is 26.3 Å². The lowest BCUT2D eigenvalue weighted by Gasteiger charge is -2.12. The van der Waals surface area contributed by atoms with Gasteiger partial charge in [0, 0.05) is 11.9 Å². The summed E-state index contributed by atoms with van der Waals surface area (Å²) in [6, 6.07) is 15.6. The highest BCUT2D eigenvalue weighted by Crippen LogP contribution is 2.27. The first-order chi connectivity index (χ1) is 14.0. The van der Waals surface area contributed by atoms with Crippen LogP contribution in [0.5, 0.6) is 5.75 Å². The largest absolute Gasteiger partial charge is 0.495 e. The van der Waals surface area contributed by atoms with Crippen molar-refractivity contribution in [2.24, 2.45) is 0 Å². The number of amides is 1.